The van der Waals surface area contributed by atoms with Crippen LogP contribution in [0.4, 0.5) is 14.5 Å². The minimum absolute atomic E-state index is 0.0215. The van der Waals surface area contributed by atoms with Crippen LogP contribution in [0.3, 0.4) is 0 Å². The van der Waals surface area contributed by atoms with Crippen molar-refractivity contribution in [3.63, 3.8) is 0 Å². The number of phenolic OH excluding ortho intramolecular Hbond substituents is 1. The third-order valence-electron chi connectivity index (χ3n) is 2.50. The van der Waals surface area contributed by atoms with Crippen LogP contribution in [0.15, 0.2) is 36.4 Å². The molecule has 18 heavy (non-hydrogen) atoms. The molecule has 2 aromatic rings. The van der Waals surface area contributed by atoms with Gasteiger partial charge in [-0.3, -0.25) is 0 Å². The number of hydrogen-bond acceptors (Lipinski definition) is 2. The lowest BCUT2D eigenvalue weighted by atomic mass is 10.2. The number of hydrogen-bond donors (Lipinski definition) is 2. The van der Waals surface area contributed by atoms with Gasteiger partial charge in [0.05, 0.1) is 0 Å². The Kier molecular flexibility index (Phi) is 3.67. The second-order valence-corrected chi connectivity index (χ2v) is 4.09. The first-order chi connectivity index (χ1) is 8.59. The van der Waals surface area contributed by atoms with Gasteiger partial charge in [-0.1, -0.05) is 23.7 Å². The number of para-hydroxylation sites is 1. The normalized spacial score (nSPS) is 10.4. The Hall–Kier alpha value is -1.81. The molecule has 0 aliphatic carbocycles. The zero-order valence-corrected chi connectivity index (χ0v) is 10.0. The molecular formula is C13H10ClF2NO. The van der Waals surface area contributed by atoms with Gasteiger partial charge in [0.2, 0.25) is 0 Å². The molecule has 2 N–H and O–H groups in total. The topological polar surface area (TPSA) is 32.3 Å². The van der Waals surface area contributed by atoms with Crippen molar-refractivity contribution in [2.24, 2.45) is 0 Å². The van der Waals surface area contributed by atoms with E-state index in [9.17, 15) is 13.9 Å². The fourth-order valence-electron chi connectivity index (χ4n) is 1.57. The van der Waals surface area contributed by atoms with Gasteiger partial charge in [-0.25, -0.2) is 8.78 Å². The molecule has 0 saturated heterocycles. The van der Waals surface area contributed by atoms with E-state index < -0.39 is 11.6 Å². The average molecular weight is 270 g/mol. The summed E-state index contributed by atoms with van der Waals surface area (Å²) in [6, 6.07) is 8.22. The summed E-state index contributed by atoms with van der Waals surface area (Å²) in [4.78, 5) is 0. The predicted octanol–water partition coefficient (Wildman–Crippen LogP) is 3.94. The van der Waals surface area contributed by atoms with E-state index in [0.29, 0.717) is 10.6 Å². The fraction of sp³-hybridized carbons (Fsp3) is 0.0769. The summed E-state index contributed by atoms with van der Waals surface area (Å²) in [6.07, 6.45) is 0. The summed E-state index contributed by atoms with van der Waals surface area (Å²) in [6.45, 7) is 0.0311. The molecule has 0 fully saturated rings. The van der Waals surface area contributed by atoms with Crippen LogP contribution >= 0.6 is 11.6 Å². The molecule has 2 rings (SSSR count). The summed E-state index contributed by atoms with van der Waals surface area (Å²) in [5, 5.41) is 12.5. The van der Waals surface area contributed by atoms with Gasteiger partial charge < -0.3 is 10.4 Å². The first-order valence-corrected chi connectivity index (χ1v) is 5.61. The first kappa shape index (κ1) is 12.6. The van der Waals surface area contributed by atoms with Crippen LogP contribution in [0.25, 0.3) is 0 Å². The van der Waals surface area contributed by atoms with Gasteiger partial charge in [-0.15, -0.1) is 0 Å². The van der Waals surface area contributed by atoms with Gasteiger partial charge in [0.15, 0.2) is 0 Å². The maximum Gasteiger partial charge on any atom is 0.149 e. The zero-order chi connectivity index (χ0) is 13.1. The monoisotopic (exact) mass is 269 g/mol. The van der Waals surface area contributed by atoms with E-state index in [4.69, 9.17) is 11.6 Å². The van der Waals surface area contributed by atoms with Gasteiger partial charge in [0, 0.05) is 17.1 Å². The number of benzene rings is 2. The molecule has 0 aliphatic rings. The highest BCUT2D eigenvalue weighted by Crippen LogP contribution is 2.27. The highest BCUT2D eigenvalue weighted by molar-refractivity contribution is 6.31. The van der Waals surface area contributed by atoms with Crippen LogP contribution in [0.1, 0.15) is 5.56 Å². The molecule has 0 radical (unpaired) electrons. The summed E-state index contributed by atoms with van der Waals surface area (Å²) >= 11 is 5.89. The lowest BCUT2D eigenvalue weighted by molar-refractivity contribution is 0.469. The molecular weight excluding hydrogens is 260 g/mol. The standard InChI is InChI=1S/C13H10ClF2NO/c14-9-3-1-6-12(18)8(9)7-17-13-10(15)4-2-5-11(13)16/h1-6,17-18H,7H2. The second kappa shape index (κ2) is 5.23. The van der Waals surface area contributed by atoms with Crippen molar-refractivity contribution in [2.45, 2.75) is 6.54 Å². The molecule has 2 nitrogen and oxygen atoms in total. The molecule has 94 valence electrons. The van der Waals surface area contributed by atoms with Gasteiger partial charge >= 0.3 is 0 Å². The average Bonchev–Trinajstić information content (AvgIpc) is 2.31. The molecule has 0 unspecified atom stereocenters. The van der Waals surface area contributed by atoms with Crippen LogP contribution < -0.4 is 5.32 Å². The summed E-state index contributed by atoms with van der Waals surface area (Å²) in [5.74, 6) is -1.41. The van der Waals surface area contributed by atoms with E-state index in [0.717, 1.165) is 12.1 Å². The number of anilines is 1. The molecule has 5 heteroatoms. The highest BCUT2D eigenvalue weighted by atomic mass is 35.5. The third kappa shape index (κ3) is 2.54. The quantitative estimate of drug-likeness (QED) is 0.885. The van der Waals surface area contributed by atoms with Crippen molar-refractivity contribution >= 4 is 17.3 Å². The van der Waals surface area contributed by atoms with E-state index in [-0.39, 0.29) is 18.0 Å². The van der Waals surface area contributed by atoms with Crippen LogP contribution in [0.2, 0.25) is 5.02 Å². The van der Waals surface area contributed by atoms with Gasteiger partial charge in [0.1, 0.15) is 23.1 Å². The second-order valence-electron chi connectivity index (χ2n) is 3.69. The molecule has 2 aromatic carbocycles. The van der Waals surface area contributed by atoms with E-state index in [1.165, 1.54) is 12.1 Å². The molecule has 0 bridgehead atoms. The minimum atomic E-state index is -0.693. The molecule has 0 heterocycles. The van der Waals surface area contributed by atoms with Crippen LogP contribution in [-0.4, -0.2) is 5.11 Å². The first-order valence-electron chi connectivity index (χ1n) is 5.24. The lowest BCUT2D eigenvalue weighted by Gasteiger charge is -2.11. The Morgan fingerprint density at radius 1 is 1.06 bits per heavy atom. The number of phenols is 1. The van der Waals surface area contributed by atoms with Crippen molar-refractivity contribution in [3.05, 3.63) is 58.6 Å². The van der Waals surface area contributed by atoms with E-state index >= 15 is 0 Å². The Bertz CT molecular complexity index is 483. The molecule has 0 atom stereocenters. The molecule has 0 aliphatic heterocycles. The van der Waals surface area contributed by atoms with Gasteiger partial charge in [-0.2, -0.15) is 0 Å². The predicted molar refractivity (Wildman–Crippen MR) is 66.8 cm³/mol. The van der Waals surface area contributed by atoms with Crippen LogP contribution in [0.5, 0.6) is 5.75 Å². The Labute approximate surface area is 108 Å². The van der Waals surface area contributed by atoms with Gasteiger partial charge in [-0.05, 0) is 24.3 Å². The van der Waals surface area contributed by atoms with Crippen molar-refractivity contribution in [1.29, 1.82) is 0 Å². The molecule has 0 amide bonds. The lowest BCUT2D eigenvalue weighted by Crippen LogP contribution is -2.04. The smallest absolute Gasteiger partial charge is 0.149 e. The number of aromatic hydroxyl groups is 1. The SMILES string of the molecule is Oc1cccc(Cl)c1CNc1c(F)cccc1F. The Balaban J connectivity index is 2.22. The van der Waals surface area contributed by atoms with E-state index in [2.05, 4.69) is 5.32 Å². The summed E-state index contributed by atoms with van der Waals surface area (Å²) in [7, 11) is 0. The van der Waals surface area contributed by atoms with Gasteiger partial charge in [0.25, 0.3) is 0 Å². The maximum atomic E-state index is 13.4. The summed E-state index contributed by atoms with van der Waals surface area (Å²) in [5.41, 5.74) is 0.152. The molecule has 0 saturated carbocycles. The number of halogens is 3. The van der Waals surface area contributed by atoms with Crippen LogP contribution in [-0.2, 0) is 6.54 Å². The molecule has 0 spiro atoms. The van der Waals surface area contributed by atoms with Crippen molar-refractivity contribution in [2.75, 3.05) is 5.32 Å². The Morgan fingerprint density at radius 3 is 2.28 bits per heavy atom. The number of nitrogens with one attached hydrogen (secondary N) is 1. The highest BCUT2D eigenvalue weighted by Gasteiger charge is 2.10. The zero-order valence-electron chi connectivity index (χ0n) is 9.25. The van der Waals surface area contributed by atoms with Crippen LogP contribution in [0, 0.1) is 11.6 Å². The maximum absolute atomic E-state index is 13.4. The summed E-state index contributed by atoms with van der Waals surface area (Å²) < 4.78 is 26.7. The number of rotatable bonds is 3. The van der Waals surface area contributed by atoms with E-state index in [1.807, 2.05) is 0 Å². The fourth-order valence-corrected chi connectivity index (χ4v) is 1.80. The Morgan fingerprint density at radius 2 is 1.67 bits per heavy atom. The largest absolute Gasteiger partial charge is 0.508 e. The van der Waals surface area contributed by atoms with Crippen molar-refractivity contribution in [3.8, 4) is 5.75 Å². The minimum Gasteiger partial charge on any atom is -0.508 e. The van der Waals surface area contributed by atoms with E-state index in [1.54, 1.807) is 12.1 Å². The van der Waals surface area contributed by atoms with Crippen molar-refractivity contribution in [1.82, 2.24) is 0 Å². The third-order valence-corrected chi connectivity index (χ3v) is 2.85. The van der Waals surface area contributed by atoms with Crippen molar-refractivity contribution < 1.29 is 13.9 Å². The molecule has 0 aromatic heterocycles.